The summed E-state index contributed by atoms with van der Waals surface area (Å²) in [5.41, 5.74) is 2.82. The van der Waals surface area contributed by atoms with E-state index < -0.39 is 10.0 Å². The van der Waals surface area contributed by atoms with E-state index >= 15 is 0 Å². The van der Waals surface area contributed by atoms with E-state index in [1.54, 1.807) is 60.0 Å². The molecule has 0 bridgehead atoms. The molecule has 0 unspecified atom stereocenters. The molecule has 6 nitrogen and oxygen atoms in total. The smallest absolute Gasteiger partial charge is 0.264 e. The van der Waals surface area contributed by atoms with Crippen LogP contribution in [0.4, 0.5) is 10.8 Å². The van der Waals surface area contributed by atoms with E-state index in [-0.39, 0.29) is 17.3 Å². The number of amides is 1. The van der Waals surface area contributed by atoms with Crippen LogP contribution in [-0.4, -0.2) is 32.1 Å². The third kappa shape index (κ3) is 5.56. The second-order valence-electron chi connectivity index (χ2n) is 8.71. The van der Waals surface area contributed by atoms with Crippen molar-refractivity contribution in [2.45, 2.75) is 23.3 Å². The number of nitrogens with zero attached hydrogens (tertiary/aromatic N) is 3. The topological polar surface area (TPSA) is 70.6 Å². The Kier molecular flexibility index (Phi) is 8.02. The average Bonchev–Trinajstić information content (AvgIpc) is 3.41. The minimum absolute atomic E-state index is 0.129. The summed E-state index contributed by atoms with van der Waals surface area (Å²) in [7, 11) is -3.80. The highest BCUT2D eigenvalue weighted by Crippen LogP contribution is 2.35. The van der Waals surface area contributed by atoms with Crippen LogP contribution in [-0.2, 0) is 16.6 Å². The molecule has 0 aliphatic heterocycles. The maximum Gasteiger partial charge on any atom is 0.264 e. The molecule has 0 N–H and O–H groups in total. The predicted octanol–water partition coefficient (Wildman–Crippen LogP) is 7.08. The number of hydrogen-bond donors (Lipinski definition) is 0. The summed E-state index contributed by atoms with van der Waals surface area (Å²) in [6.45, 7) is 2.42. The number of carbonyl (C=O) groups excluding carboxylic acids is 1. The zero-order valence-electron chi connectivity index (χ0n) is 21.5. The number of thiazole rings is 1. The Morgan fingerprint density at radius 2 is 1.54 bits per heavy atom. The molecule has 39 heavy (non-hydrogen) atoms. The van der Waals surface area contributed by atoms with Crippen molar-refractivity contribution < 1.29 is 13.2 Å². The van der Waals surface area contributed by atoms with E-state index in [9.17, 15) is 13.2 Å². The summed E-state index contributed by atoms with van der Waals surface area (Å²) in [5, 5.41) is 0.596. The number of thioether (sulfide) groups is 1. The fraction of sp³-hybridized carbons (Fsp3) is 0.133. The molecule has 1 heterocycles. The Hall–Kier alpha value is -3.66. The lowest BCUT2D eigenvalue weighted by atomic mass is 10.1. The Bertz CT molecular complexity index is 1690. The number of aromatic nitrogens is 1. The maximum absolute atomic E-state index is 13.9. The van der Waals surface area contributed by atoms with Gasteiger partial charge < -0.3 is 0 Å². The van der Waals surface area contributed by atoms with E-state index in [4.69, 9.17) is 4.98 Å². The summed E-state index contributed by atoms with van der Waals surface area (Å²) < 4.78 is 29.2. The van der Waals surface area contributed by atoms with Crippen LogP contribution in [0.3, 0.4) is 0 Å². The molecule has 0 saturated carbocycles. The van der Waals surface area contributed by atoms with Gasteiger partial charge in [0.2, 0.25) is 0 Å². The van der Waals surface area contributed by atoms with Crippen molar-refractivity contribution >= 4 is 60.1 Å². The third-order valence-electron chi connectivity index (χ3n) is 6.27. The van der Waals surface area contributed by atoms with Crippen molar-refractivity contribution in [2.24, 2.45) is 0 Å². The van der Waals surface area contributed by atoms with Gasteiger partial charge in [-0.15, -0.1) is 11.8 Å². The van der Waals surface area contributed by atoms with E-state index in [1.807, 2.05) is 60.9 Å². The van der Waals surface area contributed by atoms with Crippen LogP contribution >= 0.6 is 23.1 Å². The zero-order chi connectivity index (χ0) is 27.4. The highest BCUT2D eigenvalue weighted by molar-refractivity contribution is 7.98. The van der Waals surface area contributed by atoms with Crippen molar-refractivity contribution in [3.05, 3.63) is 114 Å². The van der Waals surface area contributed by atoms with Gasteiger partial charge in [-0.1, -0.05) is 65.9 Å². The highest BCUT2D eigenvalue weighted by atomic mass is 32.2. The number of sulfonamides is 1. The molecule has 9 heteroatoms. The SMILES string of the molecule is CCN(c1ccccc1)S(=O)(=O)c1ccc(C(=O)N(Cc2ccccc2)c2nc3c(SC)cccc3s2)cc1. The molecule has 5 rings (SSSR count). The molecule has 198 valence electrons. The first kappa shape index (κ1) is 26.9. The molecule has 1 aromatic heterocycles. The van der Waals surface area contributed by atoms with Gasteiger partial charge in [0, 0.05) is 17.0 Å². The quantitative estimate of drug-likeness (QED) is 0.176. The number of fused-ring (bicyclic) bond motifs is 1. The lowest BCUT2D eigenvalue weighted by molar-refractivity contribution is 0.0985. The minimum atomic E-state index is -3.80. The molecule has 4 aromatic carbocycles. The standard InChI is InChI=1S/C30H27N3O3S3/c1-3-33(24-13-8-5-9-14-24)39(35,36)25-19-17-23(18-20-25)29(34)32(21-22-11-6-4-7-12-22)30-31-28-26(37-2)15-10-16-27(28)38-30/h4-20H,3,21H2,1-2H3. The number of para-hydroxylation sites is 2. The summed E-state index contributed by atoms with van der Waals surface area (Å²) in [6, 6.07) is 30.9. The summed E-state index contributed by atoms with van der Waals surface area (Å²) >= 11 is 3.09. The molecule has 5 aromatic rings. The second-order valence-corrected chi connectivity index (χ2v) is 12.4. The summed E-state index contributed by atoms with van der Waals surface area (Å²) in [4.78, 5) is 21.6. The second kappa shape index (κ2) is 11.6. The number of hydrogen-bond acceptors (Lipinski definition) is 6. The fourth-order valence-corrected chi connectivity index (χ4v) is 7.41. The van der Waals surface area contributed by atoms with Gasteiger partial charge in [-0.3, -0.25) is 14.0 Å². The van der Waals surface area contributed by atoms with E-state index in [2.05, 4.69) is 0 Å². The van der Waals surface area contributed by atoms with E-state index in [0.717, 1.165) is 20.7 Å². The number of anilines is 2. The zero-order valence-corrected chi connectivity index (χ0v) is 24.0. The Labute approximate surface area is 237 Å². The van der Waals surface area contributed by atoms with Crippen molar-refractivity contribution in [1.82, 2.24) is 4.98 Å². The van der Waals surface area contributed by atoms with E-state index in [1.165, 1.54) is 27.8 Å². The van der Waals surface area contributed by atoms with Crippen LogP contribution in [0.1, 0.15) is 22.8 Å². The summed E-state index contributed by atoms with van der Waals surface area (Å²) in [5.74, 6) is -0.247. The molecule has 0 aliphatic rings. The van der Waals surface area contributed by atoms with Crippen LogP contribution in [0.25, 0.3) is 10.2 Å². The largest absolute Gasteiger partial charge is 0.279 e. The molecular formula is C30H27N3O3S3. The normalized spacial score (nSPS) is 11.4. The predicted molar refractivity (Wildman–Crippen MR) is 161 cm³/mol. The monoisotopic (exact) mass is 573 g/mol. The first-order valence-electron chi connectivity index (χ1n) is 12.4. The van der Waals surface area contributed by atoms with Gasteiger partial charge in [-0.2, -0.15) is 0 Å². The molecule has 0 fully saturated rings. The molecule has 0 spiro atoms. The lowest BCUT2D eigenvalue weighted by Crippen LogP contribution is -2.31. The highest BCUT2D eigenvalue weighted by Gasteiger charge is 2.26. The van der Waals surface area contributed by atoms with Crippen molar-refractivity contribution in [1.29, 1.82) is 0 Å². The van der Waals surface area contributed by atoms with Crippen LogP contribution in [0.15, 0.2) is 113 Å². The number of benzene rings is 4. The molecule has 0 saturated heterocycles. The van der Waals surface area contributed by atoms with Gasteiger partial charge in [0.15, 0.2) is 5.13 Å². The van der Waals surface area contributed by atoms with Crippen molar-refractivity contribution in [2.75, 3.05) is 22.0 Å². The van der Waals surface area contributed by atoms with E-state index in [0.29, 0.717) is 22.9 Å². The number of carbonyl (C=O) groups is 1. The Morgan fingerprint density at radius 1 is 0.872 bits per heavy atom. The average molecular weight is 574 g/mol. The minimum Gasteiger partial charge on any atom is -0.279 e. The van der Waals surface area contributed by atoms with Gasteiger partial charge in [0.25, 0.3) is 15.9 Å². The molecule has 0 radical (unpaired) electrons. The molecule has 0 aliphatic carbocycles. The fourth-order valence-electron chi connectivity index (χ4n) is 4.32. The first-order valence-corrected chi connectivity index (χ1v) is 15.9. The maximum atomic E-state index is 13.9. The van der Waals surface area contributed by atoms with Crippen LogP contribution < -0.4 is 9.21 Å². The summed E-state index contributed by atoms with van der Waals surface area (Å²) in [6.07, 6.45) is 2.01. The van der Waals surface area contributed by atoms with Crippen molar-refractivity contribution in [3.8, 4) is 0 Å². The Balaban J connectivity index is 1.49. The van der Waals surface area contributed by atoms with Crippen molar-refractivity contribution in [3.63, 3.8) is 0 Å². The molecular weight excluding hydrogens is 547 g/mol. The van der Waals surface area contributed by atoms with Crippen LogP contribution in [0.5, 0.6) is 0 Å². The van der Waals surface area contributed by atoms with Gasteiger partial charge in [-0.25, -0.2) is 13.4 Å². The van der Waals surface area contributed by atoms with Gasteiger partial charge in [0.1, 0.15) is 0 Å². The third-order valence-corrected chi connectivity index (χ3v) is 10.0. The van der Waals surface area contributed by atoms with Gasteiger partial charge in [0.05, 0.1) is 27.3 Å². The molecule has 1 amide bonds. The number of rotatable bonds is 9. The molecule has 0 atom stereocenters. The van der Waals surface area contributed by atoms with Gasteiger partial charge >= 0.3 is 0 Å². The lowest BCUT2D eigenvalue weighted by Gasteiger charge is -2.23. The first-order chi connectivity index (χ1) is 18.9. The van der Waals surface area contributed by atoms with Gasteiger partial charge in [-0.05, 0) is 67.3 Å². The Morgan fingerprint density at radius 3 is 2.18 bits per heavy atom. The van der Waals surface area contributed by atoms with Crippen LogP contribution in [0.2, 0.25) is 0 Å². The van der Waals surface area contributed by atoms with Crippen LogP contribution in [0, 0.1) is 0 Å².